The lowest BCUT2D eigenvalue weighted by molar-refractivity contribution is -0.149. The number of amides is 4. The SMILES string of the molecule is Cc1ncsc1-c1ccc(CNC(=O)[C@@H]2C[C@@H](O)CN2C(=O)[C@H](C(C)C)N2CC3C=CC=CC3C2=O)c(OCCOCCOCCOc2ccc(N3C(=S)N(c4ccc(C#N)c(C(F)(F)F)c4)C(=O)C3(C)C)cc2)c1. The number of hydrogen-bond donors (Lipinski definition) is 2. The maximum atomic E-state index is 14.3. The highest BCUT2D eigenvalue weighted by Gasteiger charge is 2.51. The molecule has 3 fully saturated rings. The molecule has 8 rings (SSSR count). The highest BCUT2D eigenvalue weighted by molar-refractivity contribution is 7.81. The Hall–Kier alpha value is -6.70. The standard InChI is InChI=1S/C54H58F3N7O9S2/c1-32(2)46(62-29-37-8-6-7-9-42(37)49(62)67)50(68)61-30-40(65)26-44(61)48(66)59-28-36-11-10-34(47-33(3)60-31-75-47)24-45(36)73-23-21-71-19-18-70-20-22-72-41-16-14-38(15-17-41)64-52(74)63(51(69)53(64,4)5)39-13-12-35(27-58)43(25-39)54(55,56)57/h6-17,24-25,31-32,37,40,42,44,46,65H,18-23,26,28-30H2,1-5H3,(H,59,66)/t37?,40-,42?,44+,46+/m1/s1. The first-order chi connectivity index (χ1) is 35.8. The van der Waals surface area contributed by atoms with Crippen molar-refractivity contribution in [1.82, 2.24) is 20.1 Å². The maximum absolute atomic E-state index is 14.3. The molecule has 3 aliphatic heterocycles. The normalized spacial score (nSPS) is 20.5. The molecule has 0 spiro atoms. The Labute approximate surface area is 442 Å². The Balaban J connectivity index is 0.795. The summed E-state index contributed by atoms with van der Waals surface area (Å²) in [6.07, 6.45) is 1.97. The average Bonchev–Trinajstić information content (AvgIpc) is 4.14. The number of aliphatic hydroxyl groups excluding tert-OH is 1. The number of carbonyl (C=O) groups is 4. The number of β-amino-alcohol motifs (C(OH)–C–C–N with tert-alkyl or cyclic N) is 1. The lowest BCUT2D eigenvalue weighted by Crippen LogP contribution is -2.55. The van der Waals surface area contributed by atoms with Crippen LogP contribution in [0, 0.1) is 36.0 Å². The van der Waals surface area contributed by atoms with Crippen LogP contribution in [0.25, 0.3) is 10.4 Å². The van der Waals surface area contributed by atoms with Gasteiger partial charge in [0.25, 0.3) is 5.91 Å². The minimum absolute atomic E-state index is 0.0178. The number of carbonyl (C=O) groups excluding carboxylic acids is 4. The summed E-state index contributed by atoms with van der Waals surface area (Å²) < 4.78 is 64.9. The van der Waals surface area contributed by atoms with E-state index in [-0.39, 0.29) is 99.5 Å². The lowest BCUT2D eigenvalue weighted by Gasteiger charge is -2.35. The van der Waals surface area contributed by atoms with Crippen molar-refractivity contribution in [2.24, 2.45) is 17.8 Å². The van der Waals surface area contributed by atoms with Crippen LogP contribution >= 0.6 is 23.6 Å². The second-order valence-electron chi connectivity index (χ2n) is 19.4. The predicted octanol–water partition coefficient (Wildman–Crippen LogP) is 7.22. The van der Waals surface area contributed by atoms with Crippen LogP contribution in [0.15, 0.2) is 90.5 Å². The zero-order valence-corrected chi connectivity index (χ0v) is 43.7. The van der Waals surface area contributed by atoms with E-state index in [1.807, 2.05) is 63.3 Å². The van der Waals surface area contributed by atoms with Crippen molar-refractivity contribution in [3.05, 3.63) is 113 Å². The molecular formula is C54H58F3N7O9S2. The zero-order valence-electron chi connectivity index (χ0n) is 42.0. The van der Waals surface area contributed by atoms with Gasteiger partial charge in [0.2, 0.25) is 17.7 Å². The van der Waals surface area contributed by atoms with Crippen LogP contribution in [0.4, 0.5) is 24.5 Å². The minimum atomic E-state index is -4.81. The van der Waals surface area contributed by atoms with Gasteiger partial charge in [-0.3, -0.25) is 24.1 Å². The summed E-state index contributed by atoms with van der Waals surface area (Å²) in [5, 5.41) is 22.9. The van der Waals surface area contributed by atoms with Crippen LogP contribution < -0.4 is 24.6 Å². The van der Waals surface area contributed by atoms with Crippen LogP contribution in [0.2, 0.25) is 0 Å². The first-order valence-corrected chi connectivity index (χ1v) is 25.8. The van der Waals surface area contributed by atoms with E-state index < -0.39 is 52.8 Å². The molecule has 1 aliphatic carbocycles. The largest absolute Gasteiger partial charge is 0.491 e. The van der Waals surface area contributed by atoms with E-state index >= 15 is 0 Å². The molecule has 4 heterocycles. The number of fused-ring (bicyclic) bond motifs is 1. The Kier molecular flexibility index (Phi) is 16.8. The van der Waals surface area contributed by atoms with Gasteiger partial charge >= 0.3 is 6.18 Å². The quantitative estimate of drug-likeness (QED) is 0.0668. The number of nitrogens with zero attached hydrogens (tertiary/aromatic N) is 6. The van der Waals surface area contributed by atoms with Gasteiger partial charge in [0, 0.05) is 43.2 Å². The molecule has 75 heavy (non-hydrogen) atoms. The van der Waals surface area contributed by atoms with Crippen molar-refractivity contribution in [2.75, 3.05) is 62.5 Å². The van der Waals surface area contributed by atoms with Crippen molar-refractivity contribution in [3.8, 4) is 28.0 Å². The molecule has 0 bridgehead atoms. The van der Waals surface area contributed by atoms with Crippen molar-refractivity contribution < 1.29 is 56.4 Å². The Bertz CT molecular complexity index is 2900. The second-order valence-corrected chi connectivity index (χ2v) is 20.6. The highest BCUT2D eigenvalue weighted by Crippen LogP contribution is 2.41. The number of aryl methyl sites for hydroxylation is 1. The van der Waals surface area contributed by atoms with Crippen LogP contribution in [-0.4, -0.2) is 125 Å². The molecule has 0 saturated carbocycles. The number of rotatable bonds is 20. The molecule has 3 saturated heterocycles. The number of alkyl halides is 3. The van der Waals surface area contributed by atoms with Crippen molar-refractivity contribution in [3.63, 3.8) is 0 Å². The first kappa shape index (κ1) is 54.6. The third kappa shape index (κ3) is 11.7. The van der Waals surface area contributed by atoms with Crippen molar-refractivity contribution in [1.29, 1.82) is 5.26 Å². The smallest absolute Gasteiger partial charge is 0.417 e. The molecule has 21 heteroatoms. The van der Waals surface area contributed by atoms with Crippen LogP contribution in [0.1, 0.15) is 56.5 Å². The monoisotopic (exact) mass is 1070 g/mol. The molecule has 16 nitrogen and oxygen atoms in total. The van der Waals surface area contributed by atoms with Gasteiger partial charge in [-0.2, -0.15) is 18.4 Å². The van der Waals surface area contributed by atoms with Gasteiger partial charge in [-0.25, -0.2) is 4.98 Å². The molecule has 2 unspecified atom stereocenters. The summed E-state index contributed by atoms with van der Waals surface area (Å²) in [7, 11) is 0. The van der Waals surface area contributed by atoms with Gasteiger partial charge < -0.3 is 44.1 Å². The molecule has 4 aromatic rings. The van der Waals surface area contributed by atoms with E-state index in [4.69, 9.17) is 31.2 Å². The maximum Gasteiger partial charge on any atom is 0.417 e. The summed E-state index contributed by atoms with van der Waals surface area (Å²) in [4.78, 5) is 66.3. The number of likely N-dealkylation sites (tertiary alicyclic amines) is 2. The summed E-state index contributed by atoms with van der Waals surface area (Å²) in [6, 6.07) is 15.3. The number of thiazole rings is 1. The number of anilines is 2. The number of benzene rings is 3. The Morgan fingerprint density at radius 2 is 1.63 bits per heavy atom. The van der Waals surface area contributed by atoms with Crippen LogP contribution in [0.3, 0.4) is 0 Å². The Morgan fingerprint density at radius 3 is 2.28 bits per heavy atom. The molecular weight excluding hydrogens is 1010 g/mol. The highest BCUT2D eigenvalue weighted by atomic mass is 32.1. The lowest BCUT2D eigenvalue weighted by atomic mass is 9.92. The number of thiocarbonyl (C=S) groups is 1. The van der Waals surface area contributed by atoms with Crippen molar-refractivity contribution in [2.45, 2.75) is 77.5 Å². The van der Waals surface area contributed by atoms with E-state index in [0.29, 0.717) is 29.3 Å². The van der Waals surface area contributed by atoms with Gasteiger partial charge in [0.15, 0.2) is 5.11 Å². The van der Waals surface area contributed by atoms with Gasteiger partial charge in [0.05, 0.1) is 77.4 Å². The van der Waals surface area contributed by atoms with Gasteiger partial charge in [-0.15, -0.1) is 11.3 Å². The topological polar surface area (TPSA) is 187 Å². The number of aromatic nitrogens is 1. The molecule has 396 valence electrons. The molecule has 4 aliphatic rings. The fourth-order valence-corrected chi connectivity index (χ4v) is 11.2. The fourth-order valence-electron chi connectivity index (χ4n) is 9.86. The van der Waals surface area contributed by atoms with Gasteiger partial charge in [0.1, 0.15) is 42.3 Å². The minimum Gasteiger partial charge on any atom is -0.491 e. The molecule has 5 atom stereocenters. The summed E-state index contributed by atoms with van der Waals surface area (Å²) in [5.41, 5.74) is 1.66. The number of allylic oxidation sites excluding steroid dienone is 2. The fraction of sp³-hybridized carbons (Fsp3) is 0.426. The number of ether oxygens (including phenoxy) is 4. The van der Waals surface area contributed by atoms with E-state index in [0.717, 1.165) is 33.2 Å². The summed E-state index contributed by atoms with van der Waals surface area (Å²) in [5.74, 6) is -0.978. The van der Waals surface area contributed by atoms with E-state index in [2.05, 4.69) is 10.3 Å². The van der Waals surface area contributed by atoms with E-state index in [9.17, 15) is 42.7 Å². The third-order valence-electron chi connectivity index (χ3n) is 13.6. The Morgan fingerprint density at radius 1 is 0.947 bits per heavy atom. The van der Waals surface area contributed by atoms with Gasteiger partial charge in [-0.1, -0.05) is 50.3 Å². The zero-order chi connectivity index (χ0) is 53.8. The third-order valence-corrected chi connectivity index (χ3v) is 15.0. The average molecular weight is 1070 g/mol. The predicted molar refractivity (Wildman–Crippen MR) is 278 cm³/mol. The molecule has 2 N–H and O–H groups in total. The number of hydrogen-bond acceptors (Lipinski definition) is 13. The second kappa shape index (κ2) is 23.0. The summed E-state index contributed by atoms with van der Waals surface area (Å²) in [6.45, 7) is 10.8. The number of nitriles is 1. The van der Waals surface area contributed by atoms with E-state index in [1.165, 1.54) is 22.3 Å². The first-order valence-electron chi connectivity index (χ1n) is 24.6. The van der Waals surface area contributed by atoms with E-state index in [1.54, 1.807) is 59.5 Å². The molecule has 1 aromatic heterocycles. The molecule has 3 aromatic carbocycles. The number of aliphatic hydroxyl groups is 1. The molecule has 4 amide bonds. The van der Waals surface area contributed by atoms with Gasteiger partial charge in [-0.05, 0) is 93.0 Å². The van der Waals surface area contributed by atoms with Crippen molar-refractivity contribution >= 4 is 63.7 Å². The van der Waals surface area contributed by atoms with Crippen LogP contribution in [0.5, 0.6) is 11.5 Å². The number of nitrogens with one attached hydrogen (secondary N) is 1. The summed E-state index contributed by atoms with van der Waals surface area (Å²) >= 11 is 7.13. The molecule has 0 radical (unpaired) electrons. The number of halogens is 3. The van der Waals surface area contributed by atoms with Crippen LogP contribution in [-0.2, 0) is 41.4 Å².